The van der Waals surface area contributed by atoms with Gasteiger partial charge in [0.05, 0.1) is 5.75 Å². The third-order valence-corrected chi connectivity index (χ3v) is 5.26. The Morgan fingerprint density at radius 3 is 2.87 bits per heavy atom. The maximum Gasteiger partial charge on any atom is 0.354 e. The maximum atomic E-state index is 11.6. The molecule has 1 saturated heterocycles. The second kappa shape index (κ2) is 5.19. The standard InChI is InChI=1S/C14H18N4O4S/c1-14(9-23(2,21)22)3-5-17(8-14)13-16-10(12(19)20)7-11-15-4-6-18(11)13/h4,6-7H,3,5,8-9H2,1-2H3,(H,19,20). The van der Waals surface area contributed by atoms with Gasteiger partial charge in [0.2, 0.25) is 5.95 Å². The van der Waals surface area contributed by atoms with E-state index in [0.29, 0.717) is 31.1 Å². The van der Waals surface area contributed by atoms with E-state index < -0.39 is 15.8 Å². The van der Waals surface area contributed by atoms with Crippen LogP contribution in [0.2, 0.25) is 0 Å². The van der Waals surface area contributed by atoms with Gasteiger partial charge in [-0.2, -0.15) is 0 Å². The van der Waals surface area contributed by atoms with Crippen molar-refractivity contribution in [3.8, 4) is 0 Å². The summed E-state index contributed by atoms with van der Waals surface area (Å²) in [5.74, 6) is -0.535. The molecule has 1 aliphatic rings. The van der Waals surface area contributed by atoms with Gasteiger partial charge in [-0.3, -0.25) is 4.40 Å². The molecule has 0 amide bonds. The van der Waals surface area contributed by atoms with E-state index in [1.54, 1.807) is 16.8 Å². The number of rotatable bonds is 4. The van der Waals surface area contributed by atoms with Crippen molar-refractivity contribution in [2.24, 2.45) is 5.41 Å². The molecule has 1 unspecified atom stereocenters. The topological polar surface area (TPSA) is 105 Å². The van der Waals surface area contributed by atoms with E-state index in [2.05, 4.69) is 9.97 Å². The lowest BCUT2D eigenvalue weighted by Gasteiger charge is -2.24. The van der Waals surface area contributed by atoms with Crippen molar-refractivity contribution in [2.75, 3.05) is 30.0 Å². The zero-order valence-electron chi connectivity index (χ0n) is 12.9. The van der Waals surface area contributed by atoms with Crippen molar-refractivity contribution in [1.82, 2.24) is 14.4 Å². The number of fused-ring (bicyclic) bond motifs is 1. The molecular weight excluding hydrogens is 320 g/mol. The molecule has 0 bridgehead atoms. The van der Waals surface area contributed by atoms with Crippen LogP contribution >= 0.6 is 0 Å². The second-order valence-electron chi connectivity index (χ2n) is 6.45. The summed E-state index contributed by atoms with van der Waals surface area (Å²) in [6.45, 7) is 3.05. The summed E-state index contributed by atoms with van der Waals surface area (Å²) in [6, 6.07) is 1.41. The van der Waals surface area contributed by atoms with Crippen LogP contribution < -0.4 is 4.90 Å². The minimum atomic E-state index is -3.09. The van der Waals surface area contributed by atoms with Gasteiger partial charge in [-0.1, -0.05) is 6.92 Å². The monoisotopic (exact) mass is 338 g/mol. The first-order valence-electron chi connectivity index (χ1n) is 7.17. The average molecular weight is 338 g/mol. The van der Waals surface area contributed by atoms with E-state index in [-0.39, 0.29) is 16.9 Å². The van der Waals surface area contributed by atoms with Crippen LogP contribution in [0, 0.1) is 5.41 Å². The van der Waals surface area contributed by atoms with Gasteiger partial charge in [0.25, 0.3) is 0 Å². The van der Waals surface area contributed by atoms with E-state index >= 15 is 0 Å². The highest BCUT2D eigenvalue weighted by molar-refractivity contribution is 7.90. The van der Waals surface area contributed by atoms with Crippen LogP contribution in [0.5, 0.6) is 0 Å². The molecule has 0 saturated carbocycles. The Bertz CT molecular complexity index is 876. The molecule has 1 fully saturated rings. The van der Waals surface area contributed by atoms with Gasteiger partial charge in [-0.15, -0.1) is 0 Å². The largest absolute Gasteiger partial charge is 0.477 e. The highest BCUT2D eigenvalue weighted by Crippen LogP contribution is 2.34. The lowest BCUT2D eigenvalue weighted by Crippen LogP contribution is -2.32. The Labute approximate surface area is 133 Å². The number of carbonyl (C=O) groups is 1. The number of aromatic carboxylic acids is 1. The molecule has 3 rings (SSSR count). The highest BCUT2D eigenvalue weighted by Gasteiger charge is 2.38. The summed E-state index contributed by atoms with van der Waals surface area (Å²) in [4.78, 5) is 21.5. The number of carboxylic acid groups (broad SMARTS) is 1. The first-order valence-corrected chi connectivity index (χ1v) is 9.23. The molecule has 9 heteroatoms. The number of hydrogen-bond donors (Lipinski definition) is 1. The fraction of sp³-hybridized carbons (Fsp3) is 0.500. The number of hydrogen-bond acceptors (Lipinski definition) is 6. The van der Waals surface area contributed by atoms with Gasteiger partial charge >= 0.3 is 5.97 Å². The van der Waals surface area contributed by atoms with E-state index in [4.69, 9.17) is 0 Å². The van der Waals surface area contributed by atoms with Crippen LogP contribution in [-0.2, 0) is 9.84 Å². The summed E-state index contributed by atoms with van der Waals surface area (Å²) in [6.07, 6.45) is 5.24. The molecule has 1 aliphatic heterocycles. The number of anilines is 1. The van der Waals surface area contributed by atoms with Crippen molar-refractivity contribution in [3.05, 3.63) is 24.2 Å². The number of nitrogens with zero attached hydrogens (tertiary/aromatic N) is 4. The summed E-state index contributed by atoms with van der Waals surface area (Å²) >= 11 is 0. The quantitative estimate of drug-likeness (QED) is 0.874. The van der Waals surface area contributed by atoms with Crippen LogP contribution in [0.1, 0.15) is 23.8 Å². The number of sulfone groups is 1. The molecule has 1 atom stereocenters. The third-order valence-electron chi connectivity index (χ3n) is 4.04. The number of carboxylic acids is 1. The molecule has 3 heterocycles. The molecule has 0 spiro atoms. The third kappa shape index (κ3) is 3.14. The molecule has 2 aromatic rings. The molecule has 23 heavy (non-hydrogen) atoms. The van der Waals surface area contributed by atoms with Crippen LogP contribution in [0.3, 0.4) is 0 Å². The normalized spacial score (nSPS) is 21.9. The minimum absolute atomic E-state index is 0.0737. The van der Waals surface area contributed by atoms with Crippen molar-refractivity contribution in [1.29, 1.82) is 0 Å². The summed E-state index contributed by atoms with van der Waals surface area (Å²) in [5.41, 5.74) is 0.0565. The van der Waals surface area contributed by atoms with E-state index in [1.807, 2.05) is 11.8 Å². The van der Waals surface area contributed by atoms with Gasteiger partial charge in [-0.25, -0.2) is 23.2 Å². The fourth-order valence-corrected chi connectivity index (χ4v) is 4.69. The Morgan fingerprint density at radius 1 is 1.48 bits per heavy atom. The predicted molar refractivity (Wildman–Crippen MR) is 84.6 cm³/mol. The SMILES string of the molecule is CC1(CS(C)(=O)=O)CCN(c2nc(C(=O)O)cc3nccn23)C1. The molecule has 124 valence electrons. The molecule has 0 aliphatic carbocycles. The van der Waals surface area contributed by atoms with Crippen molar-refractivity contribution in [3.63, 3.8) is 0 Å². The predicted octanol–water partition coefficient (Wildman–Crippen LogP) is 0.688. The van der Waals surface area contributed by atoms with Gasteiger partial charge < -0.3 is 10.0 Å². The van der Waals surface area contributed by atoms with E-state index in [0.717, 1.165) is 0 Å². The summed E-state index contributed by atoms with van der Waals surface area (Å²) in [7, 11) is -3.09. The summed E-state index contributed by atoms with van der Waals surface area (Å²) in [5, 5.41) is 9.21. The van der Waals surface area contributed by atoms with Crippen LogP contribution in [0.15, 0.2) is 18.5 Å². The maximum absolute atomic E-state index is 11.6. The van der Waals surface area contributed by atoms with E-state index in [1.165, 1.54) is 12.3 Å². The Hall–Kier alpha value is -2.16. The molecule has 0 aromatic carbocycles. The Kier molecular flexibility index (Phi) is 3.55. The summed E-state index contributed by atoms with van der Waals surface area (Å²) < 4.78 is 25.0. The van der Waals surface area contributed by atoms with Crippen molar-refractivity contribution >= 4 is 27.4 Å². The molecule has 8 nitrogen and oxygen atoms in total. The molecule has 2 aromatic heterocycles. The Morgan fingerprint density at radius 2 is 2.22 bits per heavy atom. The van der Waals surface area contributed by atoms with Gasteiger partial charge in [0, 0.05) is 43.2 Å². The van der Waals surface area contributed by atoms with Gasteiger partial charge in [0.15, 0.2) is 5.69 Å². The van der Waals surface area contributed by atoms with Crippen LogP contribution in [0.25, 0.3) is 5.65 Å². The molecule has 0 radical (unpaired) electrons. The van der Waals surface area contributed by atoms with Crippen molar-refractivity contribution < 1.29 is 18.3 Å². The molecular formula is C14H18N4O4S. The highest BCUT2D eigenvalue weighted by atomic mass is 32.2. The van der Waals surface area contributed by atoms with Crippen molar-refractivity contribution in [2.45, 2.75) is 13.3 Å². The molecule has 1 N–H and O–H groups in total. The first kappa shape index (κ1) is 15.7. The van der Waals surface area contributed by atoms with Crippen LogP contribution in [0.4, 0.5) is 5.95 Å². The zero-order chi connectivity index (χ0) is 16.8. The van der Waals surface area contributed by atoms with Crippen LogP contribution in [-0.4, -0.2) is 59.0 Å². The van der Waals surface area contributed by atoms with Gasteiger partial charge in [-0.05, 0) is 6.42 Å². The smallest absolute Gasteiger partial charge is 0.354 e. The Balaban J connectivity index is 1.98. The fourth-order valence-electron chi connectivity index (χ4n) is 3.18. The average Bonchev–Trinajstić information content (AvgIpc) is 3.01. The van der Waals surface area contributed by atoms with E-state index in [9.17, 15) is 18.3 Å². The lowest BCUT2D eigenvalue weighted by atomic mass is 9.93. The number of imidazole rings is 1. The zero-order valence-corrected chi connectivity index (χ0v) is 13.7. The second-order valence-corrected chi connectivity index (χ2v) is 8.59. The lowest BCUT2D eigenvalue weighted by molar-refractivity contribution is 0.0690. The minimum Gasteiger partial charge on any atom is -0.477 e. The number of aromatic nitrogens is 3. The van der Waals surface area contributed by atoms with Gasteiger partial charge in [0.1, 0.15) is 15.5 Å². The first-order chi connectivity index (χ1) is 10.7.